The Morgan fingerprint density at radius 3 is 2.50 bits per heavy atom. The average Bonchev–Trinajstić information content (AvgIpc) is 3.11. The molecule has 0 unspecified atom stereocenters. The molecule has 1 fully saturated rings. The number of hydrogen-bond acceptors (Lipinski definition) is 7. The predicted octanol–water partition coefficient (Wildman–Crippen LogP) is 0.170. The van der Waals surface area contributed by atoms with Crippen molar-refractivity contribution in [3.05, 3.63) is 30.1 Å². The first-order chi connectivity index (χ1) is 13.3. The Bertz CT molecular complexity index is 903. The van der Waals surface area contributed by atoms with Gasteiger partial charge in [-0.05, 0) is 38.0 Å². The zero-order chi connectivity index (χ0) is 20.1. The van der Waals surface area contributed by atoms with Crippen molar-refractivity contribution in [2.45, 2.75) is 19.8 Å². The number of carbonyl (C=O) groups is 1. The third-order valence-corrected chi connectivity index (χ3v) is 5.93. The van der Waals surface area contributed by atoms with Gasteiger partial charge in [-0.3, -0.25) is 4.79 Å². The maximum Gasteiger partial charge on any atom is 0.223 e. The fraction of sp³-hybridized carbons (Fsp3) is 0.529. The monoisotopic (exact) mass is 407 g/mol. The number of anilines is 1. The molecule has 2 N–H and O–H groups in total. The molecule has 1 aliphatic rings. The molecule has 11 heteroatoms. The maximum atomic E-state index is 12.2. The minimum Gasteiger partial charge on any atom is -0.367 e. The van der Waals surface area contributed by atoms with Crippen molar-refractivity contribution >= 4 is 21.7 Å². The second-order valence-electron chi connectivity index (χ2n) is 6.83. The van der Waals surface area contributed by atoms with E-state index in [1.807, 2.05) is 31.3 Å². The lowest BCUT2D eigenvalue weighted by atomic mass is 9.97. The minimum absolute atomic E-state index is 0.0366. The fourth-order valence-corrected chi connectivity index (χ4v) is 3.93. The SMILES string of the molecule is Cc1ccn(-c2ccc(NCCNC(=O)C3CCN(S(C)(=O)=O)CC3)nn2)n1. The molecule has 1 amide bonds. The Kier molecular flexibility index (Phi) is 6.25. The molecule has 0 aromatic carbocycles. The molecule has 0 radical (unpaired) electrons. The van der Waals surface area contributed by atoms with Gasteiger partial charge in [0.1, 0.15) is 5.82 Å². The van der Waals surface area contributed by atoms with E-state index in [0.29, 0.717) is 50.7 Å². The number of carbonyl (C=O) groups excluding carboxylic acids is 1. The van der Waals surface area contributed by atoms with Gasteiger partial charge in [-0.2, -0.15) is 5.10 Å². The molecule has 10 nitrogen and oxygen atoms in total. The van der Waals surface area contributed by atoms with Crippen molar-refractivity contribution in [3.8, 4) is 5.82 Å². The summed E-state index contributed by atoms with van der Waals surface area (Å²) in [5, 5.41) is 18.5. The molecule has 2 aromatic rings. The molecular weight excluding hydrogens is 382 g/mol. The molecular formula is C17H25N7O3S. The Balaban J connectivity index is 1.38. The number of aromatic nitrogens is 4. The van der Waals surface area contributed by atoms with E-state index in [2.05, 4.69) is 25.9 Å². The molecule has 0 aliphatic carbocycles. The van der Waals surface area contributed by atoms with Crippen molar-refractivity contribution in [2.75, 3.05) is 37.8 Å². The normalized spacial score (nSPS) is 16.1. The van der Waals surface area contributed by atoms with Gasteiger partial charge in [-0.25, -0.2) is 17.4 Å². The Hall–Kier alpha value is -2.53. The van der Waals surface area contributed by atoms with Crippen molar-refractivity contribution in [2.24, 2.45) is 5.92 Å². The highest BCUT2D eigenvalue weighted by molar-refractivity contribution is 7.88. The second kappa shape index (κ2) is 8.65. The first-order valence-corrected chi connectivity index (χ1v) is 11.0. The minimum atomic E-state index is -3.17. The third kappa shape index (κ3) is 5.26. The smallest absolute Gasteiger partial charge is 0.223 e. The molecule has 28 heavy (non-hydrogen) atoms. The van der Waals surface area contributed by atoms with Crippen LogP contribution in [0.1, 0.15) is 18.5 Å². The lowest BCUT2D eigenvalue weighted by Gasteiger charge is -2.29. The standard InChI is InChI=1S/C17H25N7O3S/c1-13-5-12-24(22-13)16-4-3-15(20-21-16)18-8-9-19-17(25)14-6-10-23(11-7-14)28(2,26)27/h3-5,12,14H,6-11H2,1-2H3,(H,18,20)(H,19,25). The van der Waals surface area contributed by atoms with Crippen LogP contribution in [0.4, 0.5) is 5.82 Å². The zero-order valence-electron chi connectivity index (χ0n) is 16.0. The summed E-state index contributed by atoms with van der Waals surface area (Å²) in [5.41, 5.74) is 0.904. The van der Waals surface area contributed by atoms with E-state index in [1.165, 1.54) is 10.6 Å². The van der Waals surface area contributed by atoms with Gasteiger partial charge < -0.3 is 10.6 Å². The van der Waals surface area contributed by atoms with Crippen LogP contribution in [0.15, 0.2) is 24.4 Å². The zero-order valence-corrected chi connectivity index (χ0v) is 16.8. The summed E-state index contributed by atoms with van der Waals surface area (Å²) < 4.78 is 26.1. The molecule has 0 atom stereocenters. The summed E-state index contributed by atoms with van der Waals surface area (Å²) in [6.45, 7) is 3.67. The van der Waals surface area contributed by atoms with Gasteiger partial charge in [0, 0.05) is 38.3 Å². The van der Waals surface area contributed by atoms with Crippen LogP contribution in [0, 0.1) is 12.8 Å². The summed E-state index contributed by atoms with van der Waals surface area (Å²) in [6.07, 6.45) is 4.12. The molecule has 3 rings (SSSR count). The molecule has 0 spiro atoms. The molecule has 0 saturated carbocycles. The Morgan fingerprint density at radius 2 is 1.93 bits per heavy atom. The summed E-state index contributed by atoms with van der Waals surface area (Å²) in [7, 11) is -3.17. The summed E-state index contributed by atoms with van der Waals surface area (Å²) >= 11 is 0. The van der Waals surface area contributed by atoms with Gasteiger partial charge >= 0.3 is 0 Å². The van der Waals surface area contributed by atoms with Crippen molar-refractivity contribution < 1.29 is 13.2 Å². The highest BCUT2D eigenvalue weighted by Gasteiger charge is 2.28. The van der Waals surface area contributed by atoms with Crippen molar-refractivity contribution in [3.63, 3.8) is 0 Å². The van der Waals surface area contributed by atoms with Gasteiger partial charge in [0.05, 0.1) is 11.9 Å². The van der Waals surface area contributed by atoms with Crippen LogP contribution in [0.2, 0.25) is 0 Å². The highest BCUT2D eigenvalue weighted by Crippen LogP contribution is 2.19. The van der Waals surface area contributed by atoms with Crippen LogP contribution in [-0.2, 0) is 14.8 Å². The lowest BCUT2D eigenvalue weighted by molar-refractivity contribution is -0.126. The summed E-state index contributed by atoms with van der Waals surface area (Å²) in [4.78, 5) is 12.2. The number of piperidine rings is 1. The van der Waals surface area contributed by atoms with Gasteiger partial charge in [0.2, 0.25) is 15.9 Å². The predicted molar refractivity (Wildman–Crippen MR) is 105 cm³/mol. The fourth-order valence-electron chi connectivity index (χ4n) is 3.05. The van der Waals surface area contributed by atoms with Gasteiger partial charge in [0.15, 0.2) is 5.82 Å². The van der Waals surface area contributed by atoms with E-state index >= 15 is 0 Å². The number of sulfonamides is 1. The second-order valence-corrected chi connectivity index (χ2v) is 8.82. The van der Waals surface area contributed by atoms with Crippen LogP contribution >= 0.6 is 0 Å². The van der Waals surface area contributed by atoms with Gasteiger partial charge in [0.25, 0.3) is 0 Å². The molecule has 0 bridgehead atoms. The third-order valence-electron chi connectivity index (χ3n) is 4.63. The molecule has 1 aliphatic heterocycles. The van der Waals surface area contributed by atoms with Crippen LogP contribution in [0.5, 0.6) is 0 Å². The quantitative estimate of drug-likeness (QED) is 0.627. The van der Waals surface area contributed by atoms with Gasteiger partial charge in [-0.1, -0.05) is 0 Å². The van der Waals surface area contributed by atoms with Crippen LogP contribution in [0.3, 0.4) is 0 Å². The molecule has 3 heterocycles. The first kappa shape index (κ1) is 20.2. The molecule has 1 saturated heterocycles. The maximum absolute atomic E-state index is 12.2. The van der Waals surface area contributed by atoms with E-state index < -0.39 is 10.0 Å². The van der Waals surface area contributed by atoms with Crippen LogP contribution in [-0.4, -0.2) is 71.0 Å². The Morgan fingerprint density at radius 1 is 1.18 bits per heavy atom. The largest absolute Gasteiger partial charge is 0.367 e. The number of amides is 1. The van der Waals surface area contributed by atoms with Crippen molar-refractivity contribution in [1.29, 1.82) is 0 Å². The summed E-state index contributed by atoms with van der Waals surface area (Å²) in [5.74, 6) is 1.07. The molecule has 152 valence electrons. The van der Waals surface area contributed by atoms with E-state index in [-0.39, 0.29) is 11.8 Å². The van der Waals surface area contributed by atoms with Crippen LogP contribution < -0.4 is 10.6 Å². The van der Waals surface area contributed by atoms with E-state index in [0.717, 1.165) is 5.69 Å². The number of nitrogens with one attached hydrogen (secondary N) is 2. The van der Waals surface area contributed by atoms with Crippen LogP contribution in [0.25, 0.3) is 5.82 Å². The summed E-state index contributed by atoms with van der Waals surface area (Å²) in [6, 6.07) is 5.51. The average molecular weight is 408 g/mol. The van der Waals surface area contributed by atoms with E-state index in [9.17, 15) is 13.2 Å². The van der Waals surface area contributed by atoms with E-state index in [1.54, 1.807) is 4.68 Å². The van der Waals surface area contributed by atoms with Crippen molar-refractivity contribution in [1.82, 2.24) is 29.6 Å². The van der Waals surface area contributed by atoms with Gasteiger partial charge in [-0.15, -0.1) is 10.2 Å². The number of aryl methyl sites for hydroxylation is 1. The first-order valence-electron chi connectivity index (χ1n) is 9.16. The molecule has 2 aromatic heterocycles. The highest BCUT2D eigenvalue weighted by atomic mass is 32.2. The number of rotatable bonds is 7. The number of nitrogens with zero attached hydrogens (tertiary/aromatic N) is 5. The van der Waals surface area contributed by atoms with E-state index in [4.69, 9.17) is 0 Å². The number of hydrogen-bond donors (Lipinski definition) is 2. The lowest BCUT2D eigenvalue weighted by Crippen LogP contribution is -2.43. The Labute approximate surface area is 164 Å². The topological polar surface area (TPSA) is 122 Å².